The molecule has 0 aliphatic heterocycles. The van der Waals surface area contributed by atoms with E-state index in [0.717, 1.165) is 16.9 Å². The number of aryl methyl sites for hydroxylation is 2. The highest BCUT2D eigenvalue weighted by molar-refractivity contribution is 7.92. The van der Waals surface area contributed by atoms with E-state index in [9.17, 15) is 31.5 Å². The van der Waals surface area contributed by atoms with Crippen molar-refractivity contribution in [3.05, 3.63) is 40.7 Å². The molecule has 1 aliphatic carbocycles. The van der Waals surface area contributed by atoms with Gasteiger partial charge in [0.1, 0.15) is 0 Å². The minimum atomic E-state index is -4.84. The third-order valence-corrected chi connectivity index (χ3v) is 5.48. The van der Waals surface area contributed by atoms with E-state index in [2.05, 4.69) is 5.10 Å². The van der Waals surface area contributed by atoms with E-state index in [1.807, 2.05) is 4.72 Å². The Morgan fingerprint density at radius 3 is 2.62 bits per heavy atom. The molecule has 7 nitrogen and oxygen atoms in total. The van der Waals surface area contributed by atoms with Gasteiger partial charge in [-0.05, 0) is 42.5 Å². The van der Waals surface area contributed by atoms with Gasteiger partial charge in [0.25, 0.3) is 10.0 Å². The molecule has 140 valence electrons. The molecule has 1 heterocycles. The summed E-state index contributed by atoms with van der Waals surface area (Å²) in [5.74, 6) is -1.31. The van der Waals surface area contributed by atoms with Crippen molar-refractivity contribution >= 4 is 21.7 Å². The molecule has 0 radical (unpaired) electrons. The number of aromatic nitrogens is 2. The maximum atomic E-state index is 13.0. The van der Waals surface area contributed by atoms with Crippen molar-refractivity contribution < 1.29 is 31.5 Å². The molecule has 1 aromatic carbocycles. The van der Waals surface area contributed by atoms with Crippen LogP contribution < -0.4 is 4.72 Å². The summed E-state index contributed by atoms with van der Waals surface area (Å²) < 4.78 is 67.3. The van der Waals surface area contributed by atoms with Gasteiger partial charge in [-0.15, -0.1) is 0 Å². The number of carbonyl (C=O) groups is 1. The Kier molecular flexibility index (Phi) is 4.21. The maximum Gasteiger partial charge on any atom is 0.437 e. The van der Waals surface area contributed by atoms with Gasteiger partial charge >= 0.3 is 12.1 Å². The molecule has 0 saturated carbocycles. The number of nitrogens with zero attached hydrogens (tertiary/aromatic N) is 2. The highest BCUT2D eigenvalue weighted by Crippen LogP contribution is 2.36. The average Bonchev–Trinajstić information content (AvgIpc) is 3.11. The molecule has 0 atom stereocenters. The van der Waals surface area contributed by atoms with Crippen molar-refractivity contribution in [3.63, 3.8) is 0 Å². The van der Waals surface area contributed by atoms with Gasteiger partial charge in [0.05, 0.1) is 16.1 Å². The number of rotatable bonds is 4. The summed E-state index contributed by atoms with van der Waals surface area (Å²) in [4.78, 5) is 10.9. The highest BCUT2D eigenvalue weighted by atomic mass is 32.2. The first-order chi connectivity index (χ1) is 12.0. The second kappa shape index (κ2) is 6.01. The number of anilines is 1. The minimum absolute atomic E-state index is 0.228. The number of benzene rings is 1. The number of nitrogens with one attached hydrogen (secondary N) is 1. The van der Waals surface area contributed by atoms with Gasteiger partial charge in [0, 0.05) is 13.2 Å². The fourth-order valence-corrected chi connectivity index (χ4v) is 4.39. The summed E-state index contributed by atoms with van der Waals surface area (Å²) in [5.41, 5.74) is -1.30. The van der Waals surface area contributed by atoms with Gasteiger partial charge in [-0.3, -0.25) is 9.40 Å². The summed E-state index contributed by atoms with van der Waals surface area (Å²) >= 11 is 0. The van der Waals surface area contributed by atoms with Crippen molar-refractivity contribution in [1.82, 2.24) is 9.78 Å². The average molecular weight is 389 g/mol. The number of hydrogen-bond donors (Lipinski definition) is 2. The predicted molar refractivity (Wildman–Crippen MR) is 84.4 cm³/mol. The summed E-state index contributed by atoms with van der Waals surface area (Å²) in [6, 6.07) is 2.37. The van der Waals surface area contributed by atoms with E-state index in [-0.39, 0.29) is 10.5 Å². The monoisotopic (exact) mass is 389 g/mol. The molecule has 0 amide bonds. The van der Waals surface area contributed by atoms with Crippen LogP contribution in [0, 0.1) is 0 Å². The van der Waals surface area contributed by atoms with Gasteiger partial charge in [-0.1, -0.05) is 0 Å². The van der Waals surface area contributed by atoms with Crippen molar-refractivity contribution in [2.24, 2.45) is 7.05 Å². The van der Waals surface area contributed by atoms with Gasteiger partial charge in [0.2, 0.25) is 0 Å². The SMILES string of the molecule is Cn1cc(NS(=O)(=O)c2cc(C(=O)O)cc3c2CCC3)c(C(F)(F)F)n1. The smallest absolute Gasteiger partial charge is 0.437 e. The van der Waals surface area contributed by atoms with Crippen LogP contribution in [0.1, 0.15) is 33.6 Å². The van der Waals surface area contributed by atoms with Crippen LogP contribution >= 0.6 is 0 Å². The molecule has 26 heavy (non-hydrogen) atoms. The number of hydrogen-bond acceptors (Lipinski definition) is 4. The lowest BCUT2D eigenvalue weighted by Crippen LogP contribution is -2.18. The van der Waals surface area contributed by atoms with E-state index < -0.39 is 33.6 Å². The lowest BCUT2D eigenvalue weighted by atomic mass is 10.1. The van der Waals surface area contributed by atoms with Crippen LogP contribution in [-0.2, 0) is 36.1 Å². The number of fused-ring (bicyclic) bond motifs is 1. The Hall–Kier alpha value is -2.56. The Morgan fingerprint density at radius 2 is 2.00 bits per heavy atom. The Bertz CT molecular complexity index is 996. The number of aromatic carboxylic acids is 1. The zero-order valence-corrected chi connectivity index (χ0v) is 14.3. The third kappa shape index (κ3) is 3.26. The molecular weight excluding hydrogens is 375 g/mol. The molecule has 0 spiro atoms. The summed E-state index contributed by atoms with van der Waals surface area (Å²) in [7, 11) is -3.20. The topological polar surface area (TPSA) is 101 Å². The highest BCUT2D eigenvalue weighted by Gasteiger charge is 2.38. The minimum Gasteiger partial charge on any atom is -0.478 e. The van der Waals surface area contributed by atoms with Crippen LogP contribution in [0.15, 0.2) is 23.2 Å². The predicted octanol–water partition coefficient (Wildman–Crippen LogP) is 2.43. The molecular formula is C15H14F3N3O4S. The van der Waals surface area contributed by atoms with E-state index in [1.165, 1.54) is 13.1 Å². The molecule has 1 aromatic heterocycles. The van der Waals surface area contributed by atoms with Crippen LogP contribution in [0.25, 0.3) is 0 Å². The fourth-order valence-electron chi connectivity index (χ4n) is 3.00. The van der Waals surface area contributed by atoms with Gasteiger partial charge < -0.3 is 5.11 Å². The second-order valence-corrected chi connectivity index (χ2v) is 7.59. The first-order valence-electron chi connectivity index (χ1n) is 7.52. The van der Waals surface area contributed by atoms with Crippen molar-refractivity contribution in [3.8, 4) is 0 Å². The molecule has 0 unspecified atom stereocenters. The number of halogens is 3. The van der Waals surface area contributed by atoms with Crippen molar-refractivity contribution in [2.45, 2.75) is 30.3 Å². The molecule has 1 aliphatic rings. The van der Waals surface area contributed by atoms with E-state index >= 15 is 0 Å². The Labute approximate surface area is 146 Å². The molecule has 2 N–H and O–H groups in total. The number of sulfonamides is 1. The summed E-state index contributed by atoms with van der Waals surface area (Å²) in [6.45, 7) is 0. The van der Waals surface area contributed by atoms with Gasteiger partial charge in [-0.25, -0.2) is 13.2 Å². The van der Waals surface area contributed by atoms with Crippen LogP contribution in [0.5, 0.6) is 0 Å². The quantitative estimate of drug-likeness (QED) is 0.836. The second-order valence-electron chi connectivity index (χ2n) is 5.94. The van der Waals surface area contributed by atoms with E-state index in [4.69, 9.17) is 0 Å². The lowest BCUT2D eigenvalue weighted by Gasteiger charge is -2.13. The van der Waals surface area contributed by atoms with Crippen molar-refractivity contribution in [1.29, 1.82) is 0 Å². The number of carboxylic acids is 1. The largest absolute Gasteiger partial charge is 0.478 e. The van der Waals surface area contributed by atoms with Crippen LogP contribution in [0.3, 0.4) is 0 Å². The van der Waals surface area contributed by atoms with E-state index in [0.29, 0.717) is 30.4 Å². The van der Waals surface area contributed by atoms with Gasteiger partial charge in [-0.2, -0.15) is 18.3 Å². The summed E-state index contributed by atoms with van der Waals surface area (Å²) in [5, 5.41) is 12.4. The molecule has 0 bridgehead atoms. The molecule has 3 rings (SSSR count). The molecule has 0 saturated heterocycles. The maximum absolute atomic E-state index is 13.0. The normalized spacial score (nSPS) is 14.3. The zero-order chi connectivity index (χ0) is 19.3. The fraction of sp³-hybridized carbons (Fsp3) is 0.333. The Balaban J connectivity index is 2.10. The Morgan fingerprint density at radius 1 is 1.31 bits per heavy atom. The van der Waals surface area contributed by atoms with Gasteiger partial charge in [0.15, 0.2) is 5.69 Å². The lowest BCUT2D eigenvalue weighted by molar-refractivity contribution is -0.140. The first kappa shape index (κ1) is 18.2. The first-order valence-corrected chi connectivity index (χ1v) is 9.00. The van der Waals surface area contributed by atoms with Crippen LogP contribution in [0.2, 0.25) is 0 Å². The van der Waals surface area contributed by atoms with E-state index in [1.54, 1.807) is 0 Å². The standard InChI is InChI=1S/C15H14F3N3O4S/c1-21-7-11(13(19-21)15(16,17)18)20-26(24,25)12-6-9(14(22)23)5-8-3-2-4-10(8)12/h5-7,20H,2-4H2,1H3,(H,22,23). The zero-order valence-electron chi connectivity index (χ0n) is 13.5. The molecule has 11 heteroatoms. The van der Waals surface area contributed by atoms with Crippen LogP contribution in [0.4, 0.5) is 18.9 Å². The molecule has 0 fully saturated rings. The molecule has 2 aromatic rings. The summed E-state index contributed by atoms with van der Waals surface area (Å²) in [6.07, 6.45) is -2.38. The number of carboxylic acid groups (broad SMARTS) is 1. The van der Waals surface area contributed by atoms with Crippen LogP contribution in [-0.4, -0.2) is 29.3 Å². The third-order valence-electron chi connectivity index (χ3n) is 4.05. The van der Waals surface area contributed by atoms with Crippen molar-refractivity contribution in [2.75, 3.05) is 4.72 Å². The number of alkyl halides is 3.